The first-order chi connectivity index (χ1) is 6.26. The average molecular weight is 185 g/mol. The molecule has 1 saturated heterocycles. The molecule has 0 aromatic rings. The molecule has 0 aromatic carbocycles. The molecule has 1 aliphatic heterocycles. The molecule has 2 aliphatic rings. The van der Waals surface area contributed by atoms with Crippen LogP contribution in [0.15, 0.2) is 0 Å². The highest BCUT2D eigenvalue weighted by atomic mass is 16.7. The summed E-state index contributed by atoms with van der Waals surface area (Å²) in [6.45, 7) is 0. The van der Waals surface area contributed by atoms with Crippen LogP contribution in [0.4, 0.5) is 0 Å². The second-order valence-electron chi connectivity index (χ2n) is 4.01. The Morgan fingerprint density at radius 1 is 1.23 bits per heavy atom. The molecule has 0 radical (unpaired) electrons. The molecule has 74 valence electrons. The number of ether oxygens (including phenoxy) is 1. The van der Waals surface area contributed by atoms with Gasteiger partial charge in [0.1, 0.15) is 0 Å². The normalized spacial score (nSPS) is 39.5. The minimum Gasteiger partial charge on any atom is -0.299 e. The smallest absolute Gasteiger partial charge is 0.299 e. The van der Waals surface area contributed by atoms with E-state index in [1.54, 1.807) is 0 Å². The SMILES string of the molecule is O=[N+]([O-])C12CCCCCCCC1O2. The maximum Gasteiger partial charge on any atom is 0.351 e. The average Bonchev–Trinajstić information content (AvgIpc) is 2.78. The van der Waals surface area contributed by atoms with Crippen molar-refractivity contribution in [1.29, 1.82) is 0 Å². The fraction of sp³-hybridized carbons (Fsp3) is 1.00. The van der Waals surface area contributed by atoms with E-state index >= 15 is 0 Å². The number of fused-ring (bicyclic) bond motifs is 1. The van der Waals surface area contributed by atoms with Gasteiger partial charge in [0.25, 0.3) is 0 Å². The predicted octanol–water partition coefficient (Wildman–Crippen LogP) is 2.10. The third-order valence-electron chi connectivity index (χ3n) is 3.10. The molecule has 13 heavy (non-hydrogen) atoms. The van der Waals surface area contributed by atoms with Gasteiger partial charge in [0.05, 0.1) is 4.92 Å². The van der Waals surface area contributed by atoms with Crippen LogP contribution < -0.4 is 0 Å². The van der Waals surface area contributed by atoms with E-state index in [-0.39, 0.29) is 11.0 Å². The molecule has 4 heteroatoms. The van der Waals surface area contributed by atoms with Crippen LogP contribution in [0, 0.1) is 10.1 Å². The molecule has 2 fully saturated rings. The second-order valence-corrected chi connectivity index (χ2v) is 4.01. The highest BCUT2D eigenvalue weighted by Crippen LogP contribution is 2.45. The Balaban J connectivity index is 2.00. The maximum absolute atomic E-state index is 10.8. The van der Waals surface area contributed by atoms with Crippen LogP contribution in [-0.4, -0.2) is 16.8 Å². The lowest BCUT2D eigenvalue weighted by Crippen LogP contribution is -2.26. The van der Waals surface area contributed by atoms with Gasteiger partial charge in [0.15, 0.2) is 6.10 Å². The molecule has 0 N–H and O–H groups in total. The highest BCUT2D eigenvalue weighted by molar-refractivity contribution is 4.93. The van der Waals surface area contributed by atoms with Crippen molar-refractivity contribution < 1.29 is 9.66 Å². The number of hydrogen-bond donors (Lipinski definition) is 0. The van der Waals surface area contributed by atoms with Crippen LogP contribution in [0.2, 0.25) is 0 Å². The Labute approximate surface area is 77.4 Å². The van der Waals surface area contributed by atoms with Crippen LogP contribution >= 0.6 is 0 Å². The molecule has 1 aliphatic carbocycles. The van der Waals surface area contributed by atoms with Crippen molar-refractivity contribution in [1.82, 2.24) is 0 Å². The summed E-state index contributed by atoms with van der Waals surface area (Å²) in [5.74, 6) is 0. The standard InChI is InChI=1S/C9H15NO3/c11-10(12)9-7-5-3-1-2-4-6-8(9)13-9/h8H,1-7H2. The van der Waals surface area contributed by atoms with Crippen molar-refractivity contribution >= 4 is 0 Å². The molecule has 0 amide bonds. The number of nitro groups is 1. The summed E-state index contributed by atoms with van der Waals surface area (Å²) in [7, 11) is 0. The predicted molar refractivity (Wildman–Crippen MR) is 46.9 cm³/mol. The third-order valence-corrected chi connectivity index (χ3v) is 3.10. The molecule has 2 rings (SSSR count). The van der Waals surface area contributed by atoms with E-state index in [1.807, 2.05) is 0 Å². The van der Waals surface area contributed by atoms with Gasteiger partial charge in [0, 0.05) is 6.42 Å². The van der Waals surface area contributed by atoms with Crippen LogP contribution in [0.25, 0.3) is 0 Å². The van der Waals surface area contributed by atoms with Crippen molar-refractivity contribution in [2.45, 2.75) is 56.8 Å². The molecular weight excluding hydrogens is 170 g/mol. The van der Waals surface area contributed by atoms with E-state index in [0.717, 1.165) is 25.7 Å². The quantitative estimate of drug-likeness (QED) is 0.357. The fourth-order valence-corrected chi connectivity index (χ4v) is 2.21. The third kappa shape index (κ3) is 1.55. The summed E-state index contributed by atoms with van der Waals surface area (Å²) >= 11 is 0. The molecule has 4 nitrogen and oxygen atoms in total. The van der Waals surface area contributed by atoms with Crippen molar-refractivity contribution in [3.8, 4) is 0 Å². The maximum atomic E-state index is 10.8. The summed E-state index contributed by atoms with van der Waals surface area (Å²) < 4.78 is 5.24. The van der Waals surface area contributed by atoms with Gasteiger partial charge in [0.2, 0.25) is 0 Å². The zero-order valence-electron chi connectivity index (χ0n) is 7.70. The van der Waals surface area contributed by atoms with Gasteiger partial charge in [-0.2, -0.15) is 0 Å². The second kappa shape index (κ2) is 3.25. The van der Waals surface area contributed by atoms with E-state index in [9.17, 15) is 10.1 Å². The molecule has 1 heterocycles. The zero-order valence-corrected chi connectivity index (χ0v) is 7.70. The summed E-state index contributed by atoms with van der Waals surface area (Å²) in [6.07, 6.45) is 6.98. The lowest BCUT2D eigenvalue weighted by atomic mass is 10.1. The number of epoxide rings is 1. The number of nitrogens with zero attached hydrogens (tertiary/aromatic N) is 1. The monoisotopic (exact) mass is 185 g/mol. The summed E-state index contributed by atoms with van der Waals surface area (Å²) in [5, 5.41) is 10.8. The zero-order chi connectivity index (χ0) is 9.31. The van der Waals surface area contributed by atoms with E-state index in [4.69, 9.17) is 4.74 Å². The van der Waals surface area contributed by atoms with Gasteiger partial charge >= 0.3 is 5.72 Å². The Hall–Kier alpha value is -0.640. The first-order valence-electron chi connectivity index (χ1n) is 5.08. The minimum absolute atomic E-state index is 0.0828. The number of hydrogen-bond acceptors (Lipinski definition) is 3. The van der Waals surface area contributed by atoms with Gasteiger partial charge in [-0.05, 0) is 12.8 Å². The van der Waals surface area contributed by atoms with E-state index in [1.165, 1.54) is 12.8 Å². The molecule has 2 atom stereocenters. The lowest BCUT2D eigenvalue weighted by molar-refractivity contribution is -0.564. The van der Waals surface area contributed by atoms with Crippen molar-refractivity contribution in [2.24, 2.45) is 0 Å². The van der Waals surface area contributed by atoms with Gasteiger partial charge in [-0.1, -0.05) is 25.7 Å². The van der Waals surface area contributed by atoms with Gasteiger partial charge < -0.3 is 0 Å². The van der Waals surface area contributed by atoms with Gasteiger partial charge in [-0.3, -0.25) is 14.9 Å². The summed E-state index contributed by atoms with van der Waals surface area (Å²) in [4.78, 5) is 10.6. The summed E-state index contributed by atoms with van der Waals surface area (Å²) in [5.41, 5.74) is -0.968. The van der Waals surface area contributed by atoms with E-state index in [2.05, 4.69) is 0 Å². The topological polar surface area (TPSA) is 55.7 Å². The van der Waals surface area contributed by atoms with E-state index < -0.39 is 5.72 Å². The molecule has 1 saturated carbocycles. The fourth-order valence-electron chi connectivity index (χ4n) is 2.21. The Morgan fingerprint density at radius 3 is 2.69 bits per heavy atom. The Morgan fingerprint density at radius 2 is 1.92 bits per heavy atom. The first-order valence-corrected chi connectivity index (χ1v) is 5.08. The molecule has 0 spiro atoms. The first kappa shape index (κ1) is 8.94. The largest absolute Gasteiger partial charge is 0.351 e. The van der Waals surface area contributed by atoms with Crippen LogP contribution in [0.3, 0.4) is 0 Å². The number of rotatable bonds is 1. The van der Waals surface area contributed by atoms with Crippen molar-refractivity contribution in [2.75, 3.05) is 0 Å². The molecule has 0 bridgehead atoms. The molecule has 2 unspecified atom stereocenters. The lowest BCUT2D eigenvalue weighted by Gasteiger charge is -2.02. The van der Waals surface area contributed by atoms with E-state index in [0.29, 0.717) is 6.42 Å². The Bertz CT molecular complexity index is 219. The Kier molecular flexibility index (Phi) is 2.24. The van der Waals surface area contributed by atoms with Crippen molar-refractivity contribution in [3.63, 3.8) is 0 Å². The van der Waals surface area contributed by atoms with Crippen molar-refractivity contribution in [3.05, 3.63) is 10.1 Å². The minimum atomic E-state index is -0.968. The van der Waals surface area contributed by atoms with Gasteiger partial charge in [-0.15, -0.1) is 0 Å². The van der Waals surface area contributed by atoms with Crippen LogP contribution in [0.5, 0.6) is 0 Å². The van der Waals surface area contributed by atoms with Crippen LogP contribution in [0.1, 0.15) is 44.9 Å². The van der Waals surface area contributed by atoms with Gasteiger partial charge in [-0.25, -0.2) is 0 Å². The van der Waals surface area contributed by atoms with Crippen LogP contribution in [-0.2, 0) is 4.74 Å². The summed E-state index contributed by atoms with van der Waals surface area (Å²) in [6, 6.07) is 0. The highest BCUT2D eigenvalue weighted by Gasteiger charge is 2.67. The molecule has 0 aromatic heterocycles. The molecular formula is C9H15NO3.